The van der Waals surface area contributed by atoms with Gasteiger partial charge in [-0.15, -0.1) is 11.3 Å². The van der Waals surface area contributed by atoms with Crippen LogP contribution in [0.2, 0.25) is 0 Å². The molecule has 1 amide bonds. The highest BCUT2D eigenvalue weighted by Gasteiger charge is 2.28. The quantitative estimate of drug-likeness (QED) is 0.802. The lowest BCUT2D eigenvalue weighted by molar-refractivity contribution is 0.0649. The predicted molar refractivity (Wildman–Crippen MR) is 79.4 cm³/mol. The van der Waals surface area contributed by atoms with Crippen molar-refractivity contribution < 1.29 is 9.59 Å². The molecule has 108 valence electrons. The summed E-state index contributed by atoms with van der Waals surface area (Å²) < 4.78 is 0. The van der Waals surface area contributed by atoms with Crippen LogP contribution in [0.5, 0.6) is 0 Å². The highest BCUT2D eigenvalue weighted by atomic mass is 32.1. The molecule has 2 saturated heterocycles. The summed E-state index contributed by atoms with van der Waals surface area (Å²) in [6, 6.07) is 4.15. The van der Waals surface area contributed by atoms with Crippen molar-refractivity contribution in [1.82, 2.24) is 9.80 Å². The minimum Gasteiger partial charge on any atom is -0.338 e. The third-order valence-corrected chi connectivity index (χ3v) is 5.36. The van der Waals surface area contributed by atoms with Gasteiger partial charge in [0.15, 0.2) is 6.29 Å². The molecule has 1 aromatic heterocycles. The summed E-state index contributed by atoms with van der Waals surface area (Å²) in [5.41, 5.74) is 0. The second kappa shape index (κ2) is 6.06. The molecule has 0 atom stereocenters. The molecule has 20 heavy (non-hydrogen) atoms. The van der Waals surface area contributed by atoms with E-state index in [1.165, 1.54) is 37.3 Å². The molecule has 0 spiro atoms. The van der Waals surface area contributed by atoms with Crippen molar-refractivity contribution in [2.75, 3.05) is 26.2 Å². The summed E-state index contributed by atoms with van der Waals surface area (Å²) >= 11 is 1.29. The fourth-order valence-corrected chi connectivity index (χ4v) is 4.02. The van der Waals surface area contributed by atoms with Crippen molar-refractivity contribution >= 4 is 23.5 Å². The maximum Gasteiger partial charge on any atom is 0.263 e. The van der Waals surface area contributed by atoms with Crippen molar-refractivity contribution in [3.63, 3.8) is 0 Å². The zero-order valence-electron chi connectivity index (χ0n) is 11.6. The molecule has 5 heteroatoms. The van der Waals surface area contributed by atoms with Gasteiger partial charge < -0.3 is 9.80 Å². The molecule has 0 unspecified atom stereocenters. The third-order valence-electron chi connectivity index (χ3n) is 4.36. The molecule has 2 fully saturated rings. The Hall–Kier alpha value is -1.20. The number of carbonyl (C=O) groups excluding carboxylic acids is 2. The summed E-state index contributed by atoms with van der Waals surface area (Å²) in [4.78, 5) is 28.9. The Labute approximate surface area is 123 Å². The number of aldehydes is 1. The second-order valence-electron chi connectivity index (χ2n) is 5.59. The van der Waals surface area contributed by atoms with Crippen molar-refractivity contribution in [3.8, 4) is 0 Å². The molecule has 0 aromatic carbocycles. The largest absolute Gasteiger partial charge is 0.338 e. The van der Waals surface area contributed by atoms with E-state index >= 15 is 0 Å². The lowest BCUT2D eigenvalue weighted by atomic mass is 10.0. The number of rotatable bonds is 3. The molecule has 0 radical (unpaired) electrons. The van der Waals surface area contributed by atoms with Gasteiger partial charge in [0.25, 0.3) is 5.91 Å². The maximum absolute atomic E-state index is 12.4. The second-order valence-corrected chi connectivity index (χ2v) is 6.70. The van der Waals surface area contributed by atoms with Gasteiger partial charge in [0.1, 0.15) is 0 Å². The number of carbonyl (C=O) groups is 2. The van der Waals surface area contributed by atoms with E-state index in [9.17, 15) is 9.59 Å². The molecular formula is C15H20N2O2S. The Morgan fingerprint density at radius 1 is 1.15 bits per heavy atom. The van der Waals surface area contributed by atoms with Gasteiger partial charge in [-0.2, -0.15) is 0 Å². The van der Waals surface area contributed by atoms with Crippen LogP contribution >= 0.6 is 11.3 Å². The van der Waals surface area contributed by atoms with Gasteiger partial charge in [-0.3, -0.25) is 9.59 Å². The first-order valence-electron chi connectivity index (χ1n) is 7.36. The number of nitrogens with zero attached hydrogens (tertiary/aromatic N) is 2. The highest BCUT2D eigenvalue weighted by Crippen LogP contribution is 2.23. The van der Waals surface area contributed by atoms with E-state index in [0.717, 1.165) is 32.2 Å². The van der Waals surface area contributed by atoms with Gasteiger partial charge in [0, 0.05) is 19.1 Å². The third kappa shape index (κ3) is 2.79. The Morgan fingerprint density at radius 3 is 2.45 bits per heavy atom. The van der Waals surface area contributed by atoms with E-state index < -0.39 is 0 Å². The lowest BCUT2D eigenvalue weighted by Crippen LogP contribution is -2.45. The SMILES string of the molecule is O=Cc1ccc(C(=O)N2CCC(N3CCCC3)CC2)s1. The lowest BCUT2D eigenvalue weighted by Gasteiger charge is -2.36. The highest BCUT2D eigenvalue weighted by molar-refractivity contribution is 7.15. The predicted octanol–water partition coefficient (Wildman–Crippen LogP) is 2.26. The minimum absolute atomic E-state index is 0.0861. The first-order valence-corrected chi connectivity index (χ1v) is 8.18. The van der Waals surface area contributed by atoms with E-state index in [2.05, 4.69) is 4.90 Å². The van der Waals surface area contributed by atoms with Gasteiger partial charge >= 0.3 is 0 Å². The number of thiophene rings is 1. The maximum atomic E-state index is 12.4. The molecule has 0 aliphatic carbocycles. The average Bonchev–Trinajstić information content (AvgIpc) is 3.18. The monoisotopic (exact) mass is 292 g/mol. The fourth-order valence-electron chi connectivity index (χ4n) is 3.23. The molecule has 0 N–H and O–H groups in total. The van der Waals surface area contributed by atoms with Gasteiger partial charge in [-0.1, -0.05) is 0 Å². The smallest absolute Gasteiger partial charge is 0.263 e. The summed E-state index contributed by atoms with van der Waals surface area (Å²) in [6.07, 6.45) is 5.61. The van der Waals surface area contributed by atoms with Crippen molar-refractivity contribution in [3.05, 3.63) is 21.9 Å². The van der Waals surface area contributed by atoms with Crippen LogP contribution in [0.1, 0.15) is 45.0 Å². The number of amides is 1. The molecule has 3 heterocycles. The van der Waals surface area contributed by atoms with Crippen molar-refractivity contribution in [2.24, 2.45) is 0 Å². The number of likely N-dealkylation sites (tertiary alicyclic amines) is 2. The molecule has 0 saturated carbocycles. The zero-order chi connectivity index (χ0) is 13.9. The van der Waals surface area contributed by atoms with Crippen LogP contribution in [0.3, 0.4) is 0 Å². The topological polar surface area (TPSA) is 40.6 Å². The van der Waals surface area contributed by atoms with E-state index in [1.54, 1.807) is 12.1 Å². The summed E-state index contributed by atoms with van der Waals surface area (Å²) in [7, 11) is 0. The Kier molecular flexibility index (Phi) is 4.17. The van der Waals surface area contributed by atoms with Crippen LogP contribution in [-0.4, -0.2) is 54.2 Å². The van der Waals surface area contributed by atoms with Crippen LogP contribution in [0.4, 0.5) is 0 Å². The molecule has 2 aliphatic heterocycles. The standard InChI is InChI=1S/C15H20N2O2S/c18-11-13-3-4-14(20-13)15(19)17-9-5-12(6-10-17)16-7-1-2-8-16/h3-4,11-12H,1-2,5-10H2. The Balaban J connectivity index is 1.57. The number of piperidine rings is 1. The van der Waals surface area contributed by atoms with Crippen LogP contribution in [0.25, 0.3) is 0 Å². The zero-order valence-corrected chi connectivity index (χ0v) is 12.4. The summed E-state index contributed by atoms with van der Waals surface area (Å²) in [6.45, 7) is 4.14. The van der Waals surface area contributed by atoms with Gasteiger partial charge in [-0.25, -0.2) is 0 Å². The van der Waals surface area contributed by atoms with E-state index in [0.29, 0.717) is 15.8 Å². The molecule has 0 bridgehead atoms. The normalized spacial score (nSPS) is 21.3. The van der Waals surface area contributed by atoms with Crippen molar-refractivity contribution in [2.45, 2.75) is 31.7 Å². The molecular weight excluding hydrogens is 272 g/mol. The van der Waals surface area contributed by atoms with Crippen LogP contribution in [0.15, 0.2) is 12.1 Å². The summed E-state index contributed by atoms with van der Waals surface area (Å²) in [5.74, 6) is 0.0861. The van der Waals surface area contributed by atoms with Gasteiger partial charge in [-0.05, 0) is 50.9 Å². The minimum atomic E-state index is 0.0861. The van der Waals surface area contributed by atoms with Crippen LogP contribution in [0, 0.1) is 0 Å². The average molecular weight is 292 g/mol. The van der Waals surface area contributed by atoms with Crippen molar-refractivity contribution in [1.29, 1.82) is 0 Å². The first kappa shape index (κ1) is 13.8. The van der Waals surface area contributed by atoms with E-state index in [4.69, 9.17) is 0 Å². The Morgan fingerprint density at radius 2 is 1.85 bits per heavy atom. The Bertz CT molecular complexity index is 486. The van der Waals surface area contributed by atoms with E-state index in [1.807, 2.05) is 4.90 Å². The van der Waals surface area contributed by atoms with Crippen LogP contribution < -0.4 is 0 Å². The molecule has 3 rings (SSSR count). The summed E-state index contributed by atoms with van der Waals surface area (Å²) in [5, 5.41) is 0. The molecule has 2 aliphatic rings. The van der Waals surface area contributed by atoms with Gasteiger partial charge in [0.05, 0.1) is 9.75 Å². The van der Waals surface area contributed by atoms with E-state index in [-0.39, 0.29) is 5.91 Å². The number of hydrogen-bond donors (Lipinski definition) is 0. The number of hydrogen-bond acceptors (Lipinski definition) is 4. The van der Waals surface area contributed by atoms with Gasteiger partial charge in [0.2, 0.25) is 0 Å². The molecule has 1 aromatic rings. The molecule has 4 nitrogen and oxygen atoms in total. The van der Waals surface area contributed by atoms with Crippen LogP contribution in [-0.2, 0) is 0 Å². The fraction of sp³-hybridized carbons (Fsp3) is 0.600. The first-order chi connectivity index (χ1) is 9.78.